The van der Waals surface area contributed by atoms with Gasteiger partial charge >= 0.3 is 0 Å². The molecule has 2 heterocycles. The average Bonchev–Trinajstić information content (AvgIpc) is 2.36. The van der Waals surface area contributed by atoms with E-state index in [2.05, 4.69) is 25.6 Å². The number of fused-ring (bicyclic) bond motifs is 1. The Morgan fingerprint density at radius 1 is 1.43 bits per heavy atom. The van der Waals surface area contributed by atoms with E-state index < -0.39 is 5.60 Å². The number of rotatable bonds is 4. The molecule has 1 fully saturated rings. The quantitative estimate of drug-likeness (QED) is 0.800. The zero-order chi connectivity index (χ0) is 15.9. The van der Waals surface area contributed by atoms with Crippen LogP contribution >= 0.6 is 0 Å². The molecule has 0 unspecified atom stereocenters. The van der Waals surface area contributed by atoms with Crippen molar-refractivity contribution in [3.8, 4) is 0 Å². The number of aromatic nitrogens is 3. The van der Waals surface area contributed by atoms with Crippen molar-refractivity contribution in [2.45, 2.75) is 51.3 Å². The Morgan fingerprint density at radius 2 is 2.19 bits per heavy atom. The molecule has 0 atom stereocenters. The van der Waals surface area contributed by atoms with Gasteiger partial charge in [0.05, 0.1) is 6.97 Å². The van der Waals surface area contributed by atoms with Gasteiger partial charge in [0.2, 0.25) is 5.95 Å². The first-order valence-corrected chi connectivity index (χ1v) is 7.22. The molecule has 21 heavy (non-hydrogen) atoms. The van der Waals surface area contributed by atoms with Gasteiger partial charge in [-0.1, -0.05) is 0 Å². The number of aliphatic hydroxyl groups is 1. The Morgan fingerprint density at radius 3 is 2.86 bits per heavy atom. The third kappa shape index (κ3) is 3.05. The molecule has 1 aliphatic carbocycles. The highest BCUT2D eigenvalue weighted by molar-refractivity contribution is 5.88. The van der Waals surface area contributed by atoms with Gasteiger partial charge in [-0.2, -0.15) is 0 Å². The Bertz CT molecular complexity index is 696. The first-order chi connectivity index (χ1) is 10.3. The van der Waals surface area contributed by atoms with E-state index in [1.54, 1.807) is 12.3 Å². The second-order valence-electron chi connectivity index (χ2n) is 6.28. The third-order valence-corrected chi connectivity index (χ3v) is 3.57. The molecule has 0 radical (unpaired) electrons. The summed E-state index contributed by atoms with van der Waals surface area (Å²) >= 11 is 0. The number of hydrogen-bond acceptors (Lipinski definition) is 6. The van der Waals surface area contributed by atoms with Crippen LogP contribution in [0.2, 0.25) is 0 Å². The molecule has 3 N–H and O–H groups in total. The van der Waals surface area contributed by atoms with E-state index in [1.165, 1.54) is 0 Å². The molecule has 0 aromatic carbocycles. The van der Waals surface area contributed by atoms with Crippen LogP contribution in [0.5, 0.6) is 0 Å². The smallest absolute Gasteiger partial charge is 0.223 e. The number of pyridine rings is 1. The second kappa shape index (κ2) is 5.11. The van der Waals surface area contributed by atoms with Crippen LogP contribution in [0.3, 0.4) is 0 Å². The molecular weight excluding hydrogens is 266 g/mol. The zero-order valence-electron chi connectivity index (χ0n) is 13.5. The Labute approximate surface area is 125 Å². The minimum Gasteiger partial charge on any atom is -0.390 e. The molecule has 112 valence electrons. The highest BCUT2D eigenvalue weighted by Crippen LogP contribution is 2.33. The number of anilines is 2. The summed E-state index contributed by atoms with van der Waals surface area (Å²) in [7, 11) is 0. The van der Waals surface area contributed by atoms with E-state index in [4.69, 9.17) is 1.37 Å². The van der Waals surface area contributed by atoms with Crippen molar-refractivity contribution in [1.29, 1.82) is 0 Å². The third-order valence-electron chi connectivity index (χ3n) is 3.57. The Balaban J connectivity index is 1.89. The van der Waals surface area contributed by atoms with Gasteiger partial charge in [-0.3, -0.25) is 0 Å². The van der Waals surface area contributed by atoms with Crippen LogP contribution in [0.25, 0.3) is 10.9 Å². The summed E-state index contributed by atoms with van der Waals surface area (Å²) in [6.45, 7) is 5.86. The van der Waals surface area contributed by atoms with Gasteiger partial charge in [-0.15, -0.1) is 0 Å². The van der Waals surface area contributed by atoms with Crippen molar-refractivity contribution in [3.05, 3.63) is 18.4 Å². The van der Waals surface area contributed by atoms with E-state index in [0.29, 0.717) is 30.1 Å². The van der Waals surface area contributed by atoms with Crippen LogP contribution in [-0.2, 0) is 0 Å². The van der Waals surface area contributed by atoms with E-state index in [-0.39, 0.29) is 18.3 Å². The molecule has 2 aromatic heterocycles. The van der Waals surface area contributed by atoms with Gasteiger partial charge in [0.1, 0.15) is 5.52 Å². The molecule has 0 spiro atoms. The molecule has 3 rings (SSSR count). The maximum atomic E-state index is 9.79. The van der Waals surface area contributed by atoms with Crippen LogP contribution in [-0.4, -0.2) is 37.7 Å². The molecule has 0 aliphatic heterocycles. The van der Waals surface area contributed by atoms with Gasteiger partial charge in [0.25, 0.3) is 0 Å². The molecule has 6 nitrogen and oxygen atoms in total. The minimum atomic E-state index is -0.583. The standard InChI is InChI=1S/C15H21N5O/c1-9(2)18-13-12-10(4-5-16-13)8-17-14(20-12)19-11-6-15(3,21)7-11/h4-5,8-9,11,21H,6-7H2,1-3H3,(H,16,18)(H,17,19,20)/i5D. The molecule has 0 saturated heterocycles. The molecule has 2 aromatic rings. The maximum Gasteiger partial charge on any atom is 0.223 e. The van der Waals surface area contributed by atoms with Crippen LogP contribution in [0.1, 0.15) is 35.0 Å². The van der Waals surface area contributed by atoms with Gasteiger partial charge in [0, 0.05) is 29.8 Å². The van der Waals surface area contributed by atoms with Crippen LogP contribution in [0, 0.1) is 0 Å². The second-order valence-corrected chi connectivity index (χ2v) is 6.28. The lowest BCUT2D eigenvalue weighted by atomic mass is 9.77. The molecule has 1 saturated carbocycles. The monoisotopic (exact) mass is 288 g/mol. The van der Waals surface area contributed by atoms with E-state index in [9.17, 15) is 5.11 Å². The highest BCUT2D eigenvalue weighted by atomic mass is 16.3. The van der Waals surface area contributed by atoms with Crippen molar-refractivity contribution < 1.29 is 6.48 Å². The fraction of sp³-hybridized carbons (Fsp3) is 0.533. The highest BCUT2D eigenvalue weighted by Gasteiger charge is 2.38. The molecule has 6 heteroatoms. The summed E-state index contributed by atoms with van der Waals surface area (Å²) < 4.78 is 7.76. The van der Waals surface area contributed by atoms with E-state index in [1.807, 2.05) is 20.8 Å². The van der Waals surface area contributed by atoms with Crippen molar-refractivity contribution in [3.63, 3.8) is 0 Å². The molecule has 0 bridgehead atoms. The van der Waals surface area contributed by atoms with Crippen molar-refractivity contribution >= 4 is 22.7 Å². The first kappa shape index (κ1) is 12.8. The fourth-order valence-corrected chi connectivity index (χ4v) is 2.64. The van der Waals surface area contributed by atoms with Crippen LogP contribution in [0.4, 0.5) is 11.8 Å². The lowest BCUT2D eigenvalue weighted by molar-refractivity contribution is -0.0235. The lowest BCUT2D eigenvalue weighted by Gasteiger charge is -2.41. The summed E-state index contributed by atoms with van der Waals surface area (Å²) in [4.78, 5) is 13.0. The largest absolute Gasteiger partial charge is 0.390 e. The fourth-order valence-electron chi connectivity index (χ4n) is 2.64. The predicted octanol–water partition coefficient (Wildman–Crippen LogP) is 2.17. The Hall–Kier alpha value is -1.95. The summed E-state index contributed by atoms with van der Waals surface area (Å²) in [6.07, 6.45) is 3.27. The molecule has 1 aliphatic rings. The molecular formula is C15H21N5O. The number of nitrogens with zero attached hydrogens (tertiary/aromatic N) is 3. The number of nitrogens with one attached hydrogen (secondary N) is 2. The molecule has 0 amide bonds. The van der Waals surface area contributed by atoms with Gasteiger partial charge in [-0.25, -0.2) is 15.0 Å². The minimum absolute atomic E-state index is 0.190. The van der Waals surface area contributed by atoms with Crippen molar-refractivity contribution in [1.82, 2.24) is 15.0 Å². The average molecular weight is 288 g/mol. The van der Waals surface area contributed by atoms with Crippen molar-refractivity contribution in [2.75, 3.05) is 10.6 Å². The SMILES string of the molecule is [2H]c1cc2cnc(NC3CC(C)(O)C3)nc2c(NC(C)C)n1. The van der Waals surface area contributed by atoms with E-state index >= 15 is 0 Å². The normalized spacial score (nSPS) is 25.6. The van der Waals surface area contributed by atoms with Crippen molar-refractivity contribution in [2.24, 2.45) is 0 Å². The van der Waals surface area contributed by atoms with Gasteiger partial charge < -0.3 is 15.7 Å². The Kier molecular flexibility index (Phi) is 3.11. The number of hydrogen-bond donors (Lipinski definition) is 3. The van der Waals surface area contributed by atoms with Crippen LogP contribution < -0.4 is 10.6 Å². The summed E-state index contributed by atoms with van der Waals surface area (Å²) in [5.41, 5.74) is 0.119. The maximum absolute atomic E-state index is 9.79. The summed E-state index contributed by atoms with van der Waals surface area (Å²) in [5, 5.41) is 17.0. The first-order valence-electron chi connectivity index (χ1n) is 7.72. The van der Waals surface area contributed by atoms with E-state index in [0.717, 1.165) is 5.39 Å². The summed E-state index contributed by atoms with van der Waals surface area (Å²) in [5.74, 6) is 1.13. The van der Waals surface area contributed by atoms with Crippen LogP contribution in [0.15, 0.2) is 18.4 Å². The lowest BCUT2D eigenvalue weighted by Crippen LogP contribution is -2.48. The zero-order valence-corrected chi connectivity index (χ0v) is 12.5. The topological polar surface area (TPSA) is 83.0 Å². The van der Waals surface area contributed by atoms with Gasteiger partial charge in [0.15, 0.2) is 5.82 Å². The van der Waals surface area contributed by atoms with Gasteiger partial charge in [-0.05, 0) is 39.7 Å². The summed E-state index contributed by atoms with van der Waals surface area (Å²) in [6, 6.07) is 2.04. The predicted molar refractivity (Wildman–Crippen MR) is 83.4 cm³/mol.